The Bertz CT molecular complexity index is 589. The van der Waals surface area contributed by atoms with Gasteiger partial charge in [0.1, 0.15) is 4.88 Å². The van der Waals surface area contributed by atoms with E-state index < -0.39 is 0 Å². The van der Waals surface area contributed by atoms with Crippen molar-refractivity contribution in [2.75, 3.05) is 5.73 Å². The van der Waals surface area contributed by atoms with Crippen molar-refractivity contribution in [3.05, 3.63) is 46.0 Å². The summed E-state index contributed by atoms with van der Waals surface area (Å²) in [4.78, 5) is 16.8. The molecule has 2 aromatic rings. The van der Waals surface area contributed by atoms with Gasteiger partial charge in [-0.15, -0.1) is 0 Å². The molecule has 0 aliphatic carbocycles. The van der Waals surface area contributed by atoms with E-state index in [1.165, 1.54) is 16.9 Å². The first-order chi connectivity index (χ1) is 8.97. The summed E-state index contributed by atoms with van der Waals surface area (Å²) in [7, 11) is 0. The van der Waals surface area contributed by atoms with Gasteiger partial charge in [0.25, 0.3) is 5.91 Å². The van der Waals surface area contributed by atoms with Gasteiger partial charge in [0.05, 0.1) is 11.7 Å². The largest absolute Gasteiger partial charge is 0.375 e. The third kappa shape index (κ3) is 3.12. The third-order valence-electron chi connectivity index (χ3n) is 2.94. The maximum Gasteiger partial charge on any atom is 0.263 e. The molecule has 100 valence electrons. The number of carbonyl (C=O) groups is 1. The number of aromatic nitrogens is 1. The fraction of sp³-hybridized carbons (Fsp3) is 0.286. The molecule has 0 saturated heterocycles. The van der Waals surface area contributed by atoms with Gasteiger partial charge < -0.3 is 11.1 Å². The van der Waals surface area contributed by atoms with Gasteiger partial charge >= 0.3 is 0 Å². The fourth-order valence-electron chi connectivity index (χ4n) is 1.83. The molecule has 1 unspecified atom stereocenters. The number of hydrogen-bond donors (Lipinski definition) is 2. The molecule has 0 bridgehead atoms. The number of nitrogen functional groups attached to an aromatic ring is 1. The number of thiazole rings is 1. The van der Waals surface area contributed by atoms with Gasteiger partial charge in [0.15, 0.2) is 5.13 Å². The first-order valence-electron chi connectivity index (χ1n) is 6.07. The molecule has 4 nitrogen and oxygen atoms in total. The normalized spacial score (nSPS) is 12.2. The number of nitrogens with zero attached hydrogens (tertiary/aromatic N) is 1. The summed E-state index contributed by atoms with van der Waals surface area (Å²) in [6, 6.07) is 8.07. The SMILES string of the molecule is Cc1ccc(C(C)NC(=O)c2sc(N)nc2C)cc1. The number of aryl methyl sites for hydroxylation is 2. The van der Waals surface area contributed by atoms with Crippen molar-refractivity contribution in [1.29, 1.82) is 0 Å². The van der Waals surface area contributed by atoms with E-state index >= 15 is 0 Å². The molecule has 0 spiro atoms. The van der Waals surface area contributed by atoms with Crippen molar-refractivity contribution in [3.63, 3.8) is 0 Å². The van der Waals surface area contributed by atoms with Gasteiger partial charge in [-0.05, 0) is 26.3 Å². The first-order valence-corrected chi connectivity index (χ1v) is 6.89. The Morgan fingerprint density at radius 2 is 1.95 bits per heavy atom. The number of benzene rings is 1. The van der Waals surface area contributed by atoms with Crippen LogP contribution in [-0.4, -0.2) is 10.9 Å². The predicted octanol–water partition coefficient (Wildman–Crippen LogP) is 2.83. The Kier molecular flexibility index (Phi) is 3.85. The van der Waals surface area contributed by atoms with Crippen molar-refractivity contribution >= 4 is 22.4 Å². The van der Waals surface area contributed by atoms with E-state index in [1.54, 1.807) is 6.92 Å². The summed E-state index contributed by atoms with van der Waals surface area (Å²) in [6.07, 6.45) is 0. The van der Waals surface area contributed by atoms with Gasteiger partial charge in [-0.25, -0.2) is 4.98 Å². The lowest BCUT2D eigenvalue weighted by Crippen LogP contribution is -2.26. The molecular formula is C14H17N3OS. The van der Waals surface area contributed by atoms with Crippen LogP contribution in [0.5, 0.6) is 0 Å². The van der Waals surface area contributed by atoms with Crippen LogP contribution in [0.15, 0.2) is 24.3 Å². The summed E-state index contributed by atoms with van der Waals surface area (Å²) < 4.78 is 0. The molecule has 0 radical (unpaired) electrons. The molecule has 0 aliphatic rings. The molecule has 0 aliphatic heterocycles. The summed E-state index contributed by atoms with van der Waals surface area (Å²) in [5.74, 6) is -0.125. The zero-order chi connectivity index (χ0) is 14.0. The van der Waals surface area contributed by atoms with E-state index in [0.29, 0.717) is 15.7 Å². The molecule has 1 aromatic carbocycles. The van der Waals surface area contributed by atoms with Gasteiger partial charge in [-0.3, -0.25) is 4.79 Å². The van der Waals surface area contributed by atoms with Gasteiger partial charge in [-0.1, -0.05) is 41.2 Å². The Morgan fingerprint density at radius 1 is 1.32 bits per heavy atom. The Morgan fingerprint density at radius 3 is 2.47 bits per heavy atom. The van der Waals surface area contributed by atoms with Gasteiger partial charge in [-0.2, -0.15) is 0 Å². The second kappa shape index (κ2) is 5.40. The standard InChI is InChI=1S/C14H17N3OS/c1-8-4-6-11(7-5-8)9(2)16-13(18)12-10(3)17-14(15)19-12/h4-7,9H,1-3H3,(H2,15,17)(H,16,18). The molecule has 0 saturated carbocycles. The van der Waals surface area contributed by atoms with Crippen molar-refractivity contribution in [2.45, 2.75) is 26.8 Å². The number of nitrogens with one attached hydrogen (secondary N) is 1. The van der Waals surface area contributed by atoms with Crippen LogP contribution < -0.4 is 11.1 Å². The molecule has 5 heteroatoms. The van der Waals surface area contributed by atoms with Crippen LogP contribution in [0.3, 0.4) is 0 Å². The third-order valence-corrected chi connectivity index (χ3v) is 3.93. The van der Waals surface area contributed by atoms with E-state index in [2.05, 4.69) is 10.3 Å². The topological polar surface area (TPSA) is 68.0 Å². The second-order valence-corrected chi connectivity index (χ2v) is 5.60. The Hall–Kier alpha value is -1.88. The highest BCUT2D eigenvalue weighted by molar-refractivity contribution is 7.17. The molecule has 1 aromatic heterocycles. The molecule has 19 heavy (non-hydrogen) atoms. The molecule has 2 rings (SSSR count). The number of nitrogens with two attached hydrogens (primary N) is 1. The minimum Gasteiger partial charge on any atom is -0.375 e. The van der Waals surface area contributed by atoms with E-state index in [-0.39, 0.29) is 11.9 Å². The maximum absolute atomic E-state index is 12.1. The molecule has 1 atom stereocenters. The summed E-state index contributed by atoms with van der Waals surface area (Å²) in [6.45, 7) is 5.79. The van der Waals surface area contributed by atoms with E-state index in [1.807, 2.05) is 38.1 Å². The number of carbonyl (C=O) groups excluding carboxylic acids is 1. The monoisotopic (exact) mass is 275 g/mol. The fourth-order valence-corrected chi connectivity index (χ4v) is 2.57. The smallest absolute Gasteiger partial charge is 0.263 e. The Balaban J connectivity index is 2.10. The second-order valence-electron chi connectivity index (χ2n) is 4.57. The van der Waals surface area contributed by atoms with E-state index in [4.69, 9.17) is 5.73 Å². The minimum atomic E-state index is -0.125. The van der Waals surface area contributed by atoms with Crippen LogP contribution in [0.2, 0.25) is 0 Å². The van der Waals surface area contributed by atoms with Crippen LogP contribution in [0, 0.1) is 13.8 Å². The van der Waals surface area contributed by atoms with Crippen molar-refractivity contribution in [1.82, 2.24) is 10.3 Å². The lowest BCUT2D eigenvalue weighted by molar-refractivity contribution is 0.0943. The highest BCUT2D eigenvalue weighted by Crippen LogP contribution is 2.21. The highest BCUT2D eigenvalue weighted by Gasteiger charge is 2.16. The van der Waals surface area contributed by atoms with Crippen molar-refractivity contribution in [2.24, 2.45) is 0 Å². The maximum atomic E-state index is 12.1. The highest BCUT2D eigenvalue weighted by atomic mass is 32.1. The summed E-state index contributed by atoms with van der Waals surface area (Å²) >= 11 is 1.22. The van der Waals surface area contributed by atoms with Crippen LogP contribution >= 0.6 is 11.3 Å². The number of hydrogen-bond acceptors (Lipinski definition) is 4. The molecule has 0 fully saturated rings. The lowest BCUT2D eigenvalue weighted by atomic mass is 10.1. The zero-order valence-corrected chi connectivity index (χ0v) is 12.0. The molecule has 1 amide bonds. The number of amides is 1. The quantitative estimate of drug-likeness (QED) is 0.905. The average Bonchev–Trinajstić information content (AvgIpc) is 2.69. The van der Waals surface area contributed by atoms with Gasteiger partial charge in [0, 0.05) is 0 Å². The lowest BCUT2D eigenvalue weighted by Gasteiger charge is -2.14. The van der Waals surface area contributed by atoms with E-state index in [9.17, 15) is 4.79 Å². The molecular weight excluding hydrogens is 258 g/mol. The van der Waals surface area contributed by atoms with Crippen LogP contribution in [0.1, 0.15) is 39.5 Å². The number of anilines is 1. The van der Waals surface area contributed by atoms with Gasteiger partial charge in [0.2, 0.25) is 0 Å². The minimum absolute atomic E-state index is 0.0455. The van der Waals surface area contributed by atoms with Crippen LogP contribution in [0.25, 0.3) is 0 Å². The van der Waals surface area contributed by atoms with Crippen LogP contribution in [0.4, 0.5) is 5.13 Å². The Labute approximate surface area is 116 Å². The first kappa shape index (κ1) is 13.5. The molecule has 3 N–H and O–H groups in total. The van der Waals surface area contributed by atoms with Crippen molar-refractivity contribution < 1.29 is 4.79 Å². The zero-order valence-electron chi connectivity index (χ0n) is 11.2. The van der Waals surface area contributed by atoms with Crippen LogP contribution in [-0.2, 0) is 0 Å². The number of rotatable bonds is 3. The van der Waals surface area contributed by atoms with E-state index in [0.717, 1.165) is 5.56 Å². The summed E-state index contributed by atoms with van der Waals surface area (Å²) in [5.41, 5.74) is 8.56. The van der Waals surface area contributed by atoms with Crippen molar-refractivity contribution in [3.8, 4) is 0 Å². The predicted molar refractivity (Wildman–Crippen MR) is 78.3 cm³/mol. The average molecular weight is 275 g/mol. The summed E-state index contributed by atoms with van der Waals surface area (Å²) in [5, 5.41) is 3.38. The molecule has 1 heterocycles.